The van der Waals surface area contributed by atoms with Gasteiger partial charge in [-0.2, -0.15) is 0 Å². The lowest BCUT2D eigenvalue weighted by Crippen LogP contribution is -2.46. The van der Waals surface area contributed by atoms with Crippen LogP contribution in [0.5, 0.6) is 5.75 Å². The Morgan fingerprint density at radius 3 is 2.03 bits per heavy atom. The molecular weight excluding hydrogens is 494 g/mol. The molecule has 6 nitrogen and oxygen atoms in total. The van der Waals surface area contributed by atoms with Crippen molar-refractivity contribution >= 4 is 23.0 Å². The first-order valence-electron chi connectivity index (χ1n) is 13.2. The van der Waals surface area contributed by atoms with E-state index in [1.165, 1.54) is 16.9 Å². The number of nitrogens with zero attached hydrogens (tertiary/aromatic N) is 4. The molecule has 0 saturated carbocycles. The summed E-state index contributed by atoms with van der Waals surface area (Å²) in [7, 11) is 3.75. The van der Waals surface area contributed by atoms with Crippen molar-refractivity contribution in [2.75, 3.05) is 50.1 Å². The zero-order valence-electron chi connectivity index (χ0n) is 22.3. The molecule has 200 valence electrons. The molecule has 1 saturated heterocycles. The van der Waals surface area contributed by atoms with Crippen LogP contribution in [0.15, 0.2) is 97.6 Å². The standard InChI is InChI=1S/C29H31ClN4O.C2H7N/c30-25-9-6-24(7-10-25)8-13-29(22-32-17-16-31-23-32)35-28-14-11-27(12-15-28)34-20-18-33(19-21-34)26-4-2-1-3-5-26;1-3-2/h1-7,9-12,14-17,23,29H,8,13,18-22H2;3H,1-2H3. The van der Waals surface area contributed by atoms with Crippen LogP contribution in [0.1, 0.15) is 12.0 Å². The second-order valence-electron chi connectivity index (χ2n) is 9.47. The maximum Gasteiger partial charge on any atom is 0.119 e. The van der Waals surface area contributed by atoms with Crippen molar-refractivity contribution < 1.29 is 4.74 Å². The van der Waals surface area contributed by atoms with E-state index in [4.69, 9.17) is 16.3 Å². The van der Waals surface area contributed by atoms with Crippen LogP contribution < -0.4 is 19.9 Å². The number of anilines is 2. The molecule has 1 aliphatic heterocycles. The van der Waals surface area contributed by atoms with Gasteiger partial charge in [0.15, 0.2) is 0 Å². The maximum absolute atomic E-state index is 6.45. The average molecular weight is 532 g/mol. The summed E-state index contributed by atoms with van der Waals surface area (Å²) >= 11 is 6.04. The van der Waals surface area contributed by atoms with Crippen molar-refractivity contribution in [3.8, 4) is 5.75 Å². The lowest BCUT2D eigenvalue weighted by atomic mass is 10.1. The molecule has 0 amide bonds. The smallest absolute Gasteiger partial charge is 0.119 e. The molecule has 0 spiro atoms. The van der Waals surface area contributed by atoms with Gasteiger partial charge in [-0.05, 0) is 81.0 Å². The number of ether oxygens (including phenoxy) is 1. The molecule has 1 unspecified atom stereocenters. The van der Waals surface area contributed by atoms with E-state index in [2.05, 4.69) is 91.4 Å². The first-order chi connectivity index (χ1) is 18.6. The average Bonchev–Trinajstić information content (AvgIpc) is 3.47. The van der Waals surface area contributed by atoms with Gasteiger partial charge in [0.25, 0.3) is 0 Å². The monoisotopic (exact) mass is 531 g/mol. The first-order valence-corrected chi connectivity index (χ1v) is 13.6. The molecule has 1 fully saturated rings. The Morgan fingerprint density at radius 2 is 1.45 bits per heavy atom. The summed E-state index contributed by atoms with van der Waals surface area (Å²) in [6.07, 6.45) is 7.51. The highest BCUT2D eigenvalue weighted by molar-refractivity contribution is 6.30. The summed E-state index contributed by atoms with van der Waals surface area (Å²) in [6.45, 7) is 4.84. The van der Waals surface area contributed by atoms with Gasteiger partial charge in [-0.25, -0.2) is 4.98 Å². The van der Waals surface area contributed by atoms with Gasteiger partial charge in [0.2, 0.25) is 0 Å². The largest absolute Gasteiger partial charge is 0.489 e. The third kappa shape index (κ3) is 8.27. The predicted octanol–water partition coefficient (Wildman–Crippen LogP) is 5.78. The van der Waals surface area contributed by atoms with Crippen LogP contribution in [-0.2, 0) is 13.0 Å². The Kier molecular flexibility index (Phi) is 10.5. The van der Waals surface area contributed by atoms with E-state index in [-0.39, 0.29) is 6.10 Å². The number of hydrogen-bond acceptors (Lipinski definition) is 5. The molecular formula is C31H38ClN5O. The van der Waals surface area contributed by atoms with Gasteiger partial charge in [0.1, 0.15) is 11.9 Å². The molecule has 0 bridgehead atoms. The van der Waals surface area contributed by atoms with Crippen LogP contribution in [0.2, 0.25) is 5.02 Å². The molecule has 0 radical (unpaired) electrons. The fraction of sp³-hybridized carbons (Fsp3) is 0.323. The molecule has 7 heteroatoms. The highest BCUT2D eigenvalue weighted by atomic mass is 35.5. The number of hydrogen-bond donors (Lipinski definition) is 1. The molecule has 4 aromatic rings. The van der Waals surface area contributed by atoms with Crippen LogP contribution in [0.3, 0.4) is 0 Å². The number of piperazine rings is 1. The minimum Gasteiger partial charge on any atom is -0.489 e. The minimum atomic E-state index is 0.0418. The SMILES string of the molecule is CNC.Clc1ccc(CCC(Cn2ccnc2)Oc2ccc(N3CCN(c4ccccc4)CC3)cc2)cc1. The van der Waals surface area contributed by atoms with E-state index >= 15 is 0 Å². The minimum absolute atomic E-state index is 0.0418. The fourth-order valence-electron chi connectivity index (χ4n) is 4.59. The summed E-state index contributed by atoms with van der Waals surface area (Å²) in [5.74, 6) is 0.901. The van der Waals surface area contributed by atoms with Crippen molar-refractivity contribution in [3.05, 3.63) is 108 Å². The Bertz CT molecular complexity index is 1180. The third-order valence-corrected chi connectivity index (χ3v) is 6.80. The van der Waals surface area contributed by atoms with E-state index in [9.17, 15) is 0 Å². The quantitative estimate of drug-likeness (QED) is 0.297. The van der Waals surface area contributed by atoms with Crippen LogP contribution in [-0.4, -0.2) is 55.9 Å². The Labute approximate surface area is 231 Å². The van der Waals surface area contributed by atoms with E-state index in [1.54, 1.807) is 0 Å². The molecule has 5 rings (SSSR count). The number of aromatic nitrogens is 2. The maximum atomic E-state index is 6.45. The highest BCUT2D eigenvalue weighted by Gasteiger charge is 2.18. The van der Waals surface area contributed by atoms with Crippen LogP contribution >= 0.6 is 11.6 Å². The van der Waals surface area contributed by atoms with Gasteiger partial charge in [-0.1, -0.05) is 41.9 Å². The lowest BCUT2D eigenvalue weighted by Gasteiger charge is -2.37. The number of nitrogens with one attached hydrogen (secondary N) is 1. The van der Waals surface area contributed by atoms with E-state index in [0.29, 0.717) is 0 Å². The number of benzene rings is 3. The summed E-state index contributed by atoms with van der Waals surface area (Å²) < 4.78 is 8.53. The summed E-state index contributed by atoms with van der Waals surface area (Å²) in [5, 5.41) is 3.52. The van der Waals surface area contributed by atoms with Gasteiger partial charge >= 0.3 is 0 Å². The molecule has 2 heterocycles. The van der Waals surface area contributed by atoms with Crippen molar-refractivity contribution in [1.82, 2.24) is 14.9 Å². The van der Waals surface area contributed by atoms with Crippen molar-refractivity contribution in [3.63, 3.8) is 0 Å². The van der Waals surface area contributed by atoms with Crippen LogP contribution in [0.25, 0.3) is 0 Å². The number of imidazole rings is 1. The Balaban J connectivity index is 0.00000107. The fourth-order valence-corrected chi connectivity index (χ4v) is 4.71. The molecule has 1 atom stereocenters. The van der Waals surface area contributed by atoms with Crippen molar-refractivity contribution in [2.24, 2.45) is 0 Å². The summed E-state index contributed by atoms with van der Waals surface area (Å²) in [4.78, 5) is 9.09. The van der Waals surface area contributed by atoms with Gasteiger partial charge in [-0.15, -0.1) is 0 Å². The van der Waals surface area contributed by atoms with Gasteiger partial charge in [0, 0.05) is 55.0 Å². The normalized spacial score (nSPS) is 14.0. The highest BCUT2D eigenvalue weighted by Crippen LogP contribution is 2.24. The van der Waals surface area contributed by atoms with E-state index < -0.39 is 0 Å². The topological polar surface area (TPSA) is 45.6 Å². The van der Waals surface area contributed by atoms with Crippen LogP contribution in [0, 0.1) is 0 Å². The number of halogens is 1. The molecule has 0 aliphatic carbocycles. The van der Waals surface area contributed by atoms with Gasteiger partial charge in [-0.3, -0.25) is 0 Å². The Morgan fingerprint density at radius 1 is 0.842 bits per heavy atom. The molecule has 1 N–H and O–H groups in total. The van der Waals surface area contributed by atoms with Gasteiger partial charge < -0.3 is 24.4 Å². The summed E-state index contributed by atoms with van der Waals surface area (Å²) in [5.41, 5.74) is 3.81. The lowest BCUT2D eigenvalue weighted by molar-refractivity contribution is 0.170. The zero-order valence-corrected chi connectivity index (χ0v) is 23.1. The Hall–Kier alpha value is -3.48. The third-order valence-electron chi connectivity index (χ3n) is 6.55. The van der Waals surface area contributed by atoms with Crippen LogP contribution in [0.4, 0.5) is 11.4 Å². The molecule has 1 aromatic heterocycles. The van der Waals surface area contributed by atoms with E-state index in [1.807, 2.05) is 44.9 Å². The first kappa shape index (κ1) is 27.6. The number of aryl methyl sites for hydroxylation is 1. The van der Waals surface area contributed by atoms with Crippen molar-refractivity contribution in [2.45, 2.75) is 25.5 Å². The molecule has 1 aliphatic rings. The van der Waals surface area contributed by atoms with Gasteiger partial charge in [0.05, 0.1) is 12.9 Å². The molecule has 3 aromatic carbocycles. The second-order valence-corrected chi connectivity index (χ2v) is 9.90. The number of para-hydroxylation sites is 1. The van der Waals surface area contributed by atoms with E-state index in [0.717, 1.165) is 56.3 Å². The zero-order chi connectivity index (χ0) is 26.6. The predicted molar refractivity (Wildman–Crippen MR) is 159 cm³/mol. The molecule has 38 heavy (non-hydrogen) atoms. The van der Waals surface area contributed by atoms with Crippen molar-refractivity contribution in [1.29, 1.82) is 0 Å². The second kappa shape index (κ2) is 14.5. The number of rotatable bonds is 9. The summed E-state index contributed by atoms with van der Waals surface area (Å²) in [6, 6.07) is 27.3.